The van der Waals surface area contributed by atoms with Crippen LogP contribution >= 0.6 is 22.9 Å². The van der Waals surface area contributed by atoms with Gasteiger partial charge in [-0.05, 0) is 64.8 Å². The number of halogens is 1. The molecule has 3 aromatic carbocycles. The van der Waals surface area contributed by atoms with Gasteiger partial charge < -0.3 is 0 Å². The van der Waals surface area contributed by atoms with E-state index in [1.807, 2.05) is 34.9 Å². The molecule has 0 N–H and O–H groups in total. The number of rotatable bonds is 3. The fraction of sp³-hybridized carbons (Fsp3) is 0.200. The zero-order chi connectivity index (χ0) is 24.1. The van der Waals surface area contributed by atoms with Gasteiger partial charge in [-0.15, -0.1) is 0 Å². The van der Waals surface area contributed by atoms with Gasteiger partial charge in [0.2, 0.25) is 0 Å². The third-order valence-corrected chi connectivity index (χ3v) is 8.19. The maximum absolute atomic E-state index is 13.8. The minimum atomic E-state index is -0.150. The van der Waals surface area contributed by atoms with Gasteiger partial charge in [-0.1, -0.05) is 97.4 Å². The summed E-state index contributed by atoms with van der Waals surface area (Å²) in [5.74, 6) is 0.460. The summed E-state index contributed by atoms with van der Waals surface area (Å²) in [6.07, 6.45) is 3.80. The van der Waals surface area contributed by atoms with Crippen molar-refractivity contribution in [3.8, 4) is 0 Å². The first-order valence-corrected chi connectivity index (χ1v) is 13.2. The van der Waals surface area contributed by atoms with Crippen LogP contribution in [0.4, 0.5) is 0 Å². The van der Waals surface area contributed by atoms with Crippen LogP contribution in [-0.2, 0) is 6.42 Å². The minimum absolute atomic E-state index is 0.00652. The van der Waals surface area contributed by atoms with Gasteiger partial charge in [0.25, 0.3) is 5.56 Å². The van der Waals surface area contributed by atoms with Crippen molar-refractivity contribution in [3.05, 3.63) is 131 Å². The molecular weight excluding hydrogens is 472 g/mol. The first kappa shape index (κ1) is 22.3. The molecule has 1 aromatic heterocycles. The van der Waals surface area contributed by atoms with Crippen LogP contribution in [0.5, 0.6) is 0 Å². The Morgan fingerprint density at radius 3 is 2.49 bits per heavy atom. The van der Waals surface area contributed by atoms with E-state index in [9.17, 15) is 4.79 Å². The van der Waals surface area contributed by atoms with Gasteiger partial charge in [0.05, 0.1) is 16.3 Å². The maximum Gasteiger partial charge on any atom is 0.271 e. The lowest BCUT2D eigenvalue weighted by atomic mass is 9.83. The molecule has 2 heterocycles. The SMILES string of the molecule is CC(C)c1ccc(C2C3=C(N=c4sc(=Cc5ccc(Cl)cc5)c(=O)n42)c2ccccc2CC3)cc1. The van der Waals surface area contributed by atoms with E-state index < -0.39 is 0 Å². The molecule has 1 unspecified atom stereocenters. The number of hydrogen-bond acceptors (Lipinski definition) is 3. The summed E-state index contributed by atoms with van der Waals surface area (Å²) in [4.78, 5) is 19.6. The highest BCUT2D eigenvalue weighted by Crippen LogP contribution is 2.41. The van der Waals surface area contributed by atoms with Gasteiger partial charge >= 0.3 is 0 Å². The van der Waals surface area contributed by atoms with E-state index in [0.717, 1.165) is 34.5 Å². The van der Waals surface area contributed by atoms with E-state index >= 15 is 0 Å². The molecule has 35 heavy (non-hydrogen) atoms. The normalized spacial score (nSPS) is 17.1. The van der Waals surface area contributed by atoms with E-state index in [2.05, 4.69) is 62.4 Å². The summed E-state index contributed by atoms with van der Waals surface area (Å²) in [7, 11) is 0. The van der Waals surface area contributed by atoms with Gasteiger partial charge in [-0.25, -0.2) is 4.99 Å². The quantitative estimate of drug-likeness (QED) is 0.337. The predicted octanol–water partition coefficient (Wildman–Crippen LogP) is 6.10. The lowest BCUT2D eigenvalue weighted by Crippen LogP contribution is -2.38. The van der Waals surface area contributed by atoms with Crippen molar-refractivity contribution in [2.45, 2.75) is 38.6 Å². The molecule has 4 aromatic rings. The molecule has 3 nitrogen and oxygen atoms in total. The molecular formula is C30H25ClN2OS. The summed E-state index contributed by atoms with van der Waals surface area (Å²) in [6, 6.07) is 24.7. The van der Waals surface area contributed by atoms with E-state index in [0.29, 0.717) is 15.5 Å². The highest BCUT2D eigenvalue weighted by molar-refractivity contribution is 7.07. The molecule has 6 rings (SSSR count). The van der Waals surface area contributed by atoms with E-state index in [1.165, 1.54) is 33.6 Å². The summed E-state index contributed by atoms with van der Waals surface area (Å²) in [5, 5.41) is 0.680. The van der Waals surface area contributed by atoms with Crippen LogP contribution < -0.4 is 14.9 Å². The smallest absolute Gasteiger partial charge is 0.271 e. The van der Waals surface area contributed by atoms with Crippen molar-refractivity contribution in [1.29, 1.82) is 0 Å². The average Bonchev–Trinajstić information content (AvgIpc) is 3.18. The van der Waals surface area contributed by atoms with Gasteiger partial charge in [-0.3, -0.25) is 9.36 Å². The first-order valence-electron chi connectivity index (χ1n) is 12.0. The Bertz CT molecular complexity index is 1640. The predicted molar refractivity (Wildman–Crippen MR) is 145 cm³/mol. The second-order valence-corrected chi connectivity index (χ2v) is 10.9. The van der Waals surface area contributed by atoms with E-state index in [4.69, 9.17) is 16.6 Å². The molecule has 0 saturated carbocycles. The second-order valence-electron chi connectivity index (χ2n) is 9.49. The Labute approximate surface area is 213 Å². The Morgan fingerprint density at radius 1 is 1.00 bits per heavy atom. The number of thiazole rings is 1. The zero-order valence-electron chi connectivity index (χ0n) is 19.7. The van der Waals surface area contributed by atoms with Gasteiger partial charge in [-0.2, -0.15) is 0 Å². The number of hydrogen-bond donors (Lipinski definition) is 0. The van der Waals surface area contributed by atoms with Gasteiger partial charge in [0.1, 0.15) is 0 Å². The minimum Gasteiger partial charge on any atom is -0.272 e. The summed E-state index contributed by atoms with van der Waals surface area (Å²) < 4.78 is 2.59. The van der Waals surface area contributed by atoms with Crippen LogP contribution in [0.1, 0.15) is 60.0 Å². The number of fused-ring (bicyclic) bond motifs is 3. The van der Waals surface area contributed by atoms with Crippen molar-refractivity contribution in [2.75, 3.05) is 0 Å². The van der Waals surface area contributed by atoms with Crippen LogP contribution in [0.3, 0.4) is 0 Å². The Hall–Kier alpha value is -3.21. The van der Waals surface area contributed by atoms with Gasteiger partial charge in [0.15, 0.2) is 4.80 Å². The number of aryl methyl sites for hydroxylation is 1. The number of benzene rings is 3. The lowest BCUT2D eigenvalue weighted by molar-refractivity contribution is 0.585. The number of nitrogens with zero attached hydrogens (tertiary/aromatic N) is 2. The molecule has 0 saturated heterocycles. The fourth-order valence-corrected chi connectivity index (χ4v) is 6.22. The topological polar surface area (TPSA) is 34.4 Å². The third kappa shape index (κ3) is 3.91. The summed E-state index contributed by atoms with van der Waals surface area (Å²) in [6.45, 7) is 4.40. The van der Waals surface area contributed by atoms with Crippen molar-refractivity contribution < 1.29 is 0 Å². The molecule has 0 radical (unpaired) electrons. The highest BCUT2D eigenvalue weighted by atomic mass is 35.5. The van der Waals surface area contributed by atoms with Crippen molar-refractivity contribution in [2.24, 2.45) is 4.99 Å². The third-order valence-electron chi connectivity index (χ3n) is 6.96. The molecule has 0 spiro atoms. The standard InChI is InChI=1S/C30H25ClN2OS/c1-18(2)20-9-11-22(12-10-20)28-25-16-13-21-5-3-4-6-24(21)27(25)32-30-33(28)29(34)26(35-30)17-19-7-14-23(31)15-8-19/h3-12,14-15,17-18,28H,13,16H2,1-2H3. The molecule has 0 amide bonds. The van der Waals surface area contributed by atoms with Crippen molar-refractivity contribution in [1.82, 2.24) is 4.57 Å². The average molecular weight is 497 g/mol. The Balaban J connectivity index is 1.59. The van der Waals surface area contributed by atoms with Gasteiger partial charge in [0, 0.05) is 10.6 Å². The molecule has 5 heteroatoms. The molecule has 1 aliphatic heterocycles. The van der Waals surface area contributed by atoms with Crippen LogP contribution in [0.2, 0.25) is 5.02 Å². The summed E-state index contributed by atoms with van der Waals surface area (Å²) >= 11 is 7.52. The summed E-state index contributed by atoms with van der Waals surface area (Å²) in [5.41, 5.74) is 8.16. The molecule has 0 fully saturated rings. The molecule has 2 aliphatic rings. The molecule has 174 valence electrons. The van der Waals surface area contributed by atoms with E-state index in [-0.39, 0.29) is 11.6 Å². The Morgan fingerprint density at radius 2 is 1.74 bits per heavy atom. The molecule has 1 aliphatic carbocycles. The number of allylic oxidation sites excluding steroid dienone is 1. The monoisotopic (exact) mass is 496 g/mol. The van der Waals surface area contributed by atoms with Crippen LogP contribution in [0.25, 0.3) is 11.8 Å². The first-order chi connectivity index (χ1) is 17.0. The maximum atomic E-state index is 13.8. The largest absolute Gasteiger partial charge is 0.272 e. The van der Waals surface area contributed by atoms with Crippen molar-refractivity contribution in [3.63, 3.8) is 0 Å². The van der Waals surface area contributed by atoms with Crippen molar-refractivity contribution >= 4 is 34.7 Å². The Kier molecular flexibility index (Phi) is 5.58. The zero-order valence-corrected chi connectivity index (χ0v) is 21.2. The second kappa shape index (κ2) is 8.78. The highest BCUT2D eigenvalue weighted by Gasteiger charge is 2.32. The van der Waals surface area contributed by atoms with Crippen LogP contribution in [0.15, 0.2) is 88.2 Å². The van der Waals surface area contributed by atoms with Crippen LogP contribution in [0, 0.1) is 0 Å². The molecule has 1 atom stereocenters. The lowest BCUT2D eigenvalue weighted by Gasteiger charge is -2.31. The van der Waals surface area contributed by atoms with E-state index in [1.54, 1.807) is 0 Å². The fourth-order valence-electron chi connectivity index (χ4n) is 5.10. The molecule has 0 bridgehead atoms. The van der Waals surface area contributed by atoms with Crippen LogP contribution in [-0.4, -0.2) is 4.57 Å². The number of aromatic nitrogens is 1.